The van der Waals surface area contributed by atoms with Gasteiger partial charge in [0.2, 0.25) is 0 Å². The van der Waals surface area contributed by atoms with Crippen molar-refractivity contribution >= 4 is 22.5 Å². The van der Waals surface area contributed by atoms with E-state index in [0.717, 1.165) is 39.3 Å². The van der Waals surface area contributed by atoms with Crippen molar-refractivity contribution in [3.05, 3.63) is 163 Å². The summed E-state index contributed by atoms with van der Waals surface area (Å²) in [6.07, 6.45) is 7.21. The number of nitrogens with zero attached hydrogens (tertiary/aromatic N) is 7. The lowest BCUT2D eigenvalue weighted by molar-refractivity contribution is 0.594. The number of anilines is 1. The molecule has 0 aliphatic carbocycles. The van der Waals surface area contributed by atoms with Gasteiger partial charge in [0, 0.05) is 53.0 Å². The van der Waals surface area contributed by atoms with Crippen LogP contribution in [-0.2, 0) is 24.1 Å². The van der Waals surface area contributed by atoms with E-state index >= 15 is 0 Å². The normalized spacial score (nSPS) is 11.9. The van der Waals surface area contributed by atoms with Gasteiger partial charge in [0.05, 0.1) is 40.7 Å². The van der Waals surface area contributed by atoms with Crippen LogP contribution >= 0.6 is 0 Å². The monoisotopic (exact) mass is 774 g/mol. The van der Waals surface area contributed by atoms with Crippen LogP contribution in [0, 0.1) is 11.6 Å². The Kier molecular flexibility index (Phi) is 9.76. The molecule has 14 heteroatoms. The average Bonchev–Trinajstić information content (AvgIpc) is 4.02. The predicted octanol–water partition coefficient (Wildman–Crippen LogP) is 8.54. The third-order valence-corrected chi connectivity index (χ3v) is 10.8. The minimum Gasteiger partial charge on any atom is -0.611 e. The van der Waals surface area contributed by atoms with E-state index in [1.165, 1.54) is 24.5 Å². The number of fused-ring (bicyclic) bond motifs is 1. The van der Waals surface area contributed by atoms with Crippen LogP contribution in [0.1, 0.15) is 11.5 Å². The molecule has 9 aromatic rings. The third kappa shape index (κ3) is 7.63. The fourth-order valence-corrected chi connectivity index (χ4v) is 7.60. The van der Waals surface area contributed by atoms with Crippen molar-refractivity contribution in [3.8, 4) is 56.5 Å². The van der Waals surface area contributed by atoms with Gasteiger partial charge in [0.15, 0.2) is 10.5 Å². The zero-order valence-electron chi connectivity index (χ0n) is 30.1. The van der Waals surface area contributed by atoms with E-state index in [1.807, 2.05) is 72.9 Å². The van der Waals surface area contributed by atoms with E-state index in [4.69, 9.17) is 15.0 Å². The fourth-order valence-electron chi connectivity index (χ4n) is 6.53. The highest BCUT2D eigenvalue weighted by Gasteiger charge is 2.20. The van der Waals surface area contributed by atoms with Crippen LogP contribution in [0.4, 0.5) is 14.5 Å². The van der Waals surface area contributed by atoms with Crippen molar-refractivity contribution in [2.45, 2.75) is 17.9 Å². The summed E-state index contributed by atoms with van der Waals surface area (Å²) in [7, 11) is 0. The molecule has 11 nitrogen and oxygen atoms in total. The van der Waals surface area contributed by atoms with Gasteiger partial charge in [0.1, 0.15) is 35.4 Å². The van der Waals surface area contributed by atoms with E-state index < -0.39 is 11.2 Å². The van der Waals surface area contributed by atoms with Gasteiger partial charge in [-0.05, 0) is 108 Å². The van der Waals surface area contributed by atoms with Crippen molar-refractivity contribution in [1.29, 1.82) is 0 Å². The van der Waals surface area contributed by atoms with Crippen LogP contribution in [0.5, 0.6) is 0 Å². The highest BCUT2D eigenvalue weighted by atomic mass is 32.2. The summed E-state index contributed by atoms with van der Waals surface area (Å²) >= 11 is -1.31. The highest BCUT2D eigenvalue weighted by molar-refractivity contribution is 7.91. The number of imidazole rings is 2. The molecule has 0 aliphatic heterocycles. The first kappa shape index (κ1) is 35.7. The van der Waals surface area contributed by atoms with E-state index in [-0.39, 0.29) is 18.2 Å². The molecule has 3 N–H and O–H groups in total. The van der Waals surface area contributed by atoms with Crippen molar-refractivity contribution in [2.75, 3.05) is 11.1 Å². The number of nitrogens with one attached hydrogen (secondary N) is 3. The zero-order chi connectivity index (χ0) is 38.7. The molecular weight excluding hydrogens is 743 g/mol. The van der Waals surface area contributed by atoms with Crippen molar-refractivity contribution in [2.24, 2.45) is 0 Å². The lowest BCUT2D eigenvalue weighted by Crippen LogP contribution is -2.10. The van der Waals surface area contributed by atoms with Crippen molar-refractivity contribution < 1.29 is 13.3 Å². The number of aryl methyl sites for hydroxylation is 1. The Balaban J connectivity index is 0.934. The predicted molar refractivity (Wildman–Crippen MR) is 215 cm³/mol. The largest absolute Gasteiger partial charge is 0.611 e. The van der Waals surface area contributed by atoms with Crippen LogP contribution in [0.3, 0.4) is 0 Å². The Morgan fingerprint density at radius 3 is 2.30 bits per heavy atom. The fraction of sp³-hybridized carbons (Fsp3) is 0.0698. The Morgan fingerprint density at radius 1 is 0.702 bits per heavy atom. The first-order valence-electron chi connectivity index (χ1n) is 18.0. The van der Waals surface area contributed by atoms with Gasteiger partial charge in [-0.15, -0.1) is 0 Å². The Labute approximate surface area is 328 Å². The van der Waals surface area contributed by atoms with Gasteiger partial charge >= 0.3 is 0 Å². The Bertz CT molecular complexity index is 2800. The minimum atomic E-state index is -1.31. The lowest BCUT2D eigenvalue weighted by Gasteiger charge is -2.11. The number of rotatable bonds is 12. The molecule has 0 radical (unpaired) electrons. The summed E-state index contributed by atoms with van der Waals surface area (Å²) in [6, 6.07) is 33.5. The van der Waals surface area contributed by atoms with E-state index in [0.29, 0.717) is 57.1 Å². The summed E-state index contributed by atoms with van der Waals surface area (Å²) in [6.45, 7) is 0.248. The number of aromatic amines is 2. The second-order valence-corrected chi connectivity index (χ2v) is 14.7. The molecule has 280 valence electrons. The lowest BCUT2D eigenvalue weighted by atomic mass is 10.1. The molecule has 0 amide bonds. The molecule has 0 fully saturated rings. The van der Waals surface area contributed by atoms with Gasteiger partial charge in [-0.25, -0.2) is 28.2 Å². The molecule has 0 aliphatic rings. The molecule has 0 bridgehead atoms. The quantitative estimate of drug-likeness (QED) is 0.105. The van der Waals surface area contributed by atoms with Crippen LogP contribution in [0.15, 0.2) is 145 Å². The maximum Gasteiger partial charge on any atom is 0.155 e. The maximum atomic E-state index is 14.4. The van der Waals surface area contributed by atoms with Gasteiger partial charge in [-0.3, -0.25) is 9.97 Å². The highest BCUT2D eigenvalue weighted by Crippen LogP contribution is 2.34. The van der Waals surface area contributed by atoms with E-state index in [9.17, 15) is 13.3 Å². The summed E-state index contributed by atoms with van der Waals surface area (Å²) in [4.78, 5) is 30.6. The number of para-hydroxylation sites is 1. The van der Waals surface area contributed by atoms with E-state index in [2.05, 4.69) is 30.4 Å². The Morgan fingerprint density at radius 2 is 1.47 bits per heavy atom. The molecule has 0 saturated heterocycles. The van der Waals surface area contributed by atoms with Crippen LogP contribution < -0.4 is 5.32 Å². The first-order valence-corrected chi connectivity index (χ1v) is 19.4. The molecule has 3 aromatic carbocycles. The van der Waals surface area contributed by atoms with Crippen LogP contribution in [-0.4, -0.2) is 54.8 Å². The Hall–Kier alpha value is -7.03. The van der Waals surface area contributed by atoms with Gasteiger partial charge in [-0.1, -0.05) is 18.2 Å². The van der Waals surface area contributed by atoms with Gasteiger partial charge < -0.3 is 19.8 Å². The van der Waals surface area contributed by atoms with Gasteiger partial charge in [-0.2, -0.15) is 5.10 Å². The average molecular weight is 775 g/mol. The minimum absolute atomic E-state index is 0.248. The first-order chi connectivity index (χ1) is 27.9. The summed E-state index contributed by atoms with van der Waals surface area (Å²) < 4.78 is 43.4. The third-order valence-electron chi connectivity index (χ3n) is 9.41. The summed E-state index contributed by atoms with van der Waals surface area (Å²) in [5, 5.41) is 7.40. The number of hydrogen-bond donors (Lipinski definition) is 3. The van der Waals surface area contributed by atoms with Crippen molar-refractivity contribution in [3.63, 3.8) is 0 Å². The second-order valence-electron chi connectivity index (χ2n) is 13.1. The number of hydrogen-bond acceptors (Lipinski definition) is 8. The number of pyridine rings is 3. The number of H-pyrrole nitrogens is 2. The van der Waals surface area contributed by atoms with Crippen LogP contribution in [0.2, 0.25) is 0 Å². The molecule has 0 saturated carbocycles. The topological polar surface area (TPSA) is 148 Å². The molecule has 6 aromatic heterocycles. The molecule has 0 spiro atoms. The van der Waals surface area contributed by atoms with Crippen molar-refractivity contribution in [1.82, 2.24) is 44.5 Å². The molecule has 1 atom stereocenters. The summed E-state index contributed by atoms with van der Waals surface area (Å²) in [5.74, 6) is 0.906. The molecule has 6 heterocycles. The maximum absolute atomic E-state index is 14.4. The van der Waals surface area contributed by atoms with Gasteiger partial charge in [0.25, 0.3) is 0 Å². The summed E-state index contributed by atoms with van der Waals surface area (Å²) in [5.41, 5.74) is 8.59. The SMILES string of the molecule is [O-][S+](CCc1cccc(-c2[nH]c(CNc3ccccc3F)nc2-c2ccc3ncnn3c2)n1)c1ccc(-c2nc(-c3ccncc3)c(-c3ccc(F)cc3)[nH]2)cc1. The smallest absolute Gasteiger partial charge is 0.155 e. The molecule has 57 heavy (non-hydrogen) atoms. The number of aromatic nitrogens is 9. The van der Waals surface area contributed by atoms with E-state index in [1.54, 1.807) is 47.2 Å². The number of halogens is 2. The molecular formula is C43H32F2N10OS. The zero-order valence-corrected chi connectivity index (χ0v) is 30.9. The second kappa shape index (κ2) is 15.6. The standard InChI is InChI=1S/C43H32F2N10OS/c44-31-13-8-27(9-14-31)39-40(28-18-21-46-22-19-28)54-43(53-39)29-10-15-33(16-11-29)57(56)23-20-32-4-3-7-36(50-32)42-41(30-12-17-38-48-26-49-55(38)25-30)51-37(52-42)24-47-35-6-2-1-5-34(35)45/h1-19,21-22,25-26,47H,20,23-24H2,(H,51,52)(H,53,54). The molecule has 9 rings (SSSR count). The molecule has 1 unspecified atom stereocenters. The van der Waals surface area contributed by atoms with Crippen LogP contribution in [0.25, 0.3) is 62.2 Å². The number of benzene rings is 3.